The molecular formula is C46H87N. The Labute approximate surface area is 298 Å². The van der Waals surface area contributed by atoms with Gasteiger partial charge in [-0.15, -0.1) is 0 Å². The molecule has 0 spiro atoms. The smallest absolute Gasteiger partial charge is 0.0409 e. The summed E-state index contributed by atoms with van der Waals surface area (Å²) >= 11 is 0. The highest BCUT2D eigenvalue weighted by Gasteiger charge is 2.03. The molecule has 0 unspecified atom stereocenters. The minimum Gasteiger partial charge on any atom is -0.258 e. The van der Waals surface area contributed by atoms with Crippen LogP contribution in [0, 0.1) is 6.92 Å². The third-order valence-corrected chi connectivity index (χ3v) is 10.6. The van der Waals surface area contributed by atoms with Crippen LogP contribution in [-0.2, 0) is 12.8 Å². The van der Waals surface area contributed by atoms with Gasteiger partial charge in [0.2, 0.25) is 0 Å². The first-order chi connectivity index (χ1) is 23.3. The Morgan fingerprint density at radius 3 is 0.702 bits per heavy atom. The molecule has 1 aromatic rings. The quantitative estimate of drug-likeness (QED) is 0.0647. The summed E-state index contributed by atoms with van der Waals surface area (Å²) in [5, 5.41) is 0. The standard InChI is InChI=1S/C46H87N/c1-4-6-8-10-12-14-16-18-20-22-24-26-28-30-32-34-36-38-40-45-42-44(3)43-46(47-45)41-39-37-35-33-31-29-27-25-23-21-19-17-15-13-11-9-7-5-2/h42-43H,4-41H2,1-3H3. The third kappa shape index (κ3) is 32.1. The minimum atomic E-state index is 1.17. The number of rotatable bonds is 38. The van der Waals surface area contributed by atoms with E-state index in [0.717, 1.165) is 0 Å². The van der Waals surface area contributed by atoms with Crippen LogP contribution in [0.3, 0.4) is 0 Å². The summed E-state index contributed by atoms with van der Waals surface area (Å²) in [5.74, 6) is 0. The molecule has 47 heavy (non-hydrogen) atoms. The predicted molar refractivity (Wildman–Crippen MR) is 214 cm³/mol. The van der Waals surface area contributed by atoms with Gasteiger partial charge in [0.1, 0.15) is 0 Å². The van der Waals surface area contributed by atoms with Gasteiger partial charge in [0.25, 0.3) is 0 Å². The molecule has 0 amide bonds. The highest BCUT2D eigenvalue weighted by atomic mass is 14.7. The van der Waals surface area contributed by atoms with Crippen molar-refractivity contribution in [2.24, 2.45) is 0 Å². The zero-order valence-corrected chi connectivity index (χ0v) is 33.0. The SMILES string of the molecule is CCCCCCCCCCCCCCCCCCCCc1cc(C)cc(CCCCCCCCCCCCCCCCCCCC)n1. The van der Waals surface area contributed by atoms with Crippen LogP contribution in [-0.4, -0.2) is 4.98 Å². The van der Waals surface area contributed by atoms with Crippen molar-refractivity contribution in [2.45, 2.75) is 265 Å². The Bertz CT molecular complexity index is 680. The number of hydrogen-bond acceptors (Lipinski definition) is 1. The number of pyridine rings is 1. The van der Waals surface area contributed by atoms with E-state index in [4.69, 9.17) is 4.98 Å². The molecule has 0 aromatic carbocycles. The Morgan fingerprint density at radius 2 is 0.489 bits per heavy atom. The first kappa shape index (κ1) is 44.2. The highest BCUT2D eigenvalue weighted by molar-refractivity contribution is 5.20. The molecule has 0 radical (unpaired) electrons. The van der Waals surface area contributed by atoms with Crippen molar-refractivity contribution in [1.82, 2.24) is 4.98 Å². The van der Waals surface area contributed by atoms with Crippen LogP contribution in [0.1, 0.15) is 262 Å². The Kier molecular flexibility index (Phi) is 34.2. The lowest BCUT2D eigenvalue weighted by atomic mass is 10.0. The molecule has 0 atom stereocenters. The normalized spacial score (nSPS) is 11.6. The monoisotopic (exact) mass is 654 g/mol. The zero-order valence-electron chi connectivity index (χ0n) is 33.0. The van der Waals surface area contributed by atoms with Crippen LogP contribution in [0.5, 0.6) is 0 Å². The van der Waals surface area contributed by atoms with Crippen LogP contribution >= 0.6 is 0 Å². The summed E-state index contributed by atoms with van der Waals surface area (Å²) in [6, 6.07) is 4.68. The van der Waals surface area contributed by atoms with E-state index in [1.807, 2.05) is 0 Å². The van der Waals surface area contributed by atoms with Crippen molar-refractivity contribution in [3.63, 3.8) is 0 Å². The summed E-state index contributed by atoms with van der Waals surface area (Å²) in [6.07, 6.45) is 54.3. The van der Waals surface area contributed by atoms with Gasteiger partial charge in [-0.2, -0.15) is 0 Å². The molecule has 276 valence electrons. The maximum atomic E-state index is 5.06. The molecule has 1 heteroatoms. The van der Waals surface area contributed by atoms with Gasteiger partial charge in [0.05, 0.1) is 0 Å². The lowest BCUT2D eigenvalue weighted by molar-refractivity contribution is 0.524. The molecule has 0 aliphatic heterocycles. The second-order valence-corrected chi connectivity index (χ2v) is 15.6. The molecule has 1 aromatic heterocycles. The van der Waals surface area contributed by atoms with E-state index in [-0.39, 0.29) is 0 Å². The minimum absolute atomic E-state index is 1.17. The van der Waals surface area contributed by atoms with E-state index in [2.05, 4.69) is 32.9 Å². The molecule has 0 bridgehead atoms. The van der Waals surface area contributed by atoms with Crippen molar-refractivity contribution in [3.8, 4) is 0 Å². The van der Waals surface area contributed by atoms with Gasteiger partial charge in [-0.05, 0) is 50.3 Å². The molecule has 1 nitrogen and oxygen atoms in total. The molecule has 0 aliphatic rings. The van der Waals surface area contributed by atoms with Crippen molar-refractivity contribution in [2.75, 3.05) is 0 Å². The summed E-state index contributed by atoms with van der Waals surface area (Å²) < 4.78 is 0. The van der Waals surface area contributed by atoms with Crippen LogP contribution in [0.4, 0.5) is 0 Å². The molecule has 0 fully saturated rings. The van der Waals surface area contributed by atoms with Crippen molar-refractivity contribution >= 4 is 0 Å². The average Bonchev–Trinajstić information content (AvgIpc) is 3.07. The lowest BCUT2D eigenvalue weighted by Gasteiger charge is -2.08. The number of aryl methyl sites for hydroxylation is 3. The van der Waals surface area contributed by atoms with Crippen molar-refractivity contribution in [3.05, 3.63) is 29.1 Å². The average molecular weight is 654 g/mol. The molecule has 1 heterocycles. The molecule has 0 saturated carbocycles. The fourth-order valence-electron chi connectivity index (χ4n) is 7.49. The van der Waals surface area contributed by atoms with E-state index in [1.54, 1.807) is 0 Å². The summed E-state index contributed by atoms with van der Waals surface area (Å²) in [7, 11) is 0. The topological polar surface area (TPSA) is 12.9 Å². The van der Waals surface area contributed by atoms with E-state index in [9.17, 15) is 0 Å². The fraction of sp³-hybridized carbons (Fsp3) is 0.891. The second kappa shape index (κ2) is 36.4. The number of unbranched alkanes of at least 4 members (excludes halogenated alkanes) is 34. The Balaban J connectivity index is 1.88. The number of hydrogen-bond donors (Lipinski definition) is 0. The van der Waals surface area contributed by atoms with E-state index >= 15 is 0 Å². The molecule has 0 saturated heterocycles. The molecule has 1 rings (SSSR count). The zero-order chi connectivity index (χ0) is 33.7. The Morgan fingerprint density at radius 1 is 0.298 bits per heavy atom. The predicted octanol–water partition coefficient (Wildman–Crippen LogP) is 16.6. The van der Waals surface area contributed by atoms with Gasteiger partial charge < -0.3 is 0 Å². The van der Waals surface area contributed by atoms with Gasteiger partial charge >= 0.3 is 0 Å². The highest BCUT2D eigenvalue weighted by Crippen LogP contribution is 2.18. The largest absolute Gasteiger partial charge is 0.258 e. The van der Waals surface area contributed by atoms with Crippen LogP contribution < -0.4 is 0 Å². The van der Waals surface area contributed by atoms with E-state index in [0.29, 0.717) is 0 Å². The van der Waals surface area contributed by atoms with Crippen LogP contribution in [0.25, 0.3) is 0 Å². The molecular weight excluding hydrogens is 567 g/mol. The second-order valence-electron chi connectivity index (χ2n) is 15.6. The van der Waals surface area contributed by atoms with E-state index < -0.39 is 0 Å². The maximum Gasteiger partial charge on any atom is 0.0409 e. The van der Waals surface area contributed by atoms with Crippen molar-refractivity contribution < 1.29 is 0 Å². The van der Waals surface area contributed by atoms with Gasteiger partial charge in [-0.3, -0.25) is 4.98 Å². The van der Waals surface area contributed by atoms with E-state index in [1.165, 1.54) is 261 Å². The number of nitrogens with zero attached hydrogens (tertiary/aromatic N) is 1. The summed E-state index contributed by atoms with van der Waals surface area (Å²) in [6.45, 7) is 6.88. The van der Waals surface area contributed by atoms with Gasteiger partial charge in [-0.1, -0.05) is 232 Å². The fourth-order valence-corrected chi connectivity index (χ4v) is 7.49. The van der Waals surface area contributed by atoms with Gasteiger partial charge in [0.15, 0.2) is 0 Å². The van der Waals surface area contributed by atoms with Crippen LogP contribution in [0.15, 0.2) is 12.1 Å². The van der Waals surface area contributed by atoms with Gasteiger partial charge in [0, 0.05) is 11.4 Å². The first-order valence-electron chi connectivity index (χ1n) is 22.2. The third-order valence-electron chi connectivity index (χ3n) is 10.6. The first-order valence-corrected chi connectivity index (χ1v) is 22.2. The Hall–Kier alpha value is -0.850. The molecule has 0 aliphatic carbocycles. The maximum absolute atomic E-state index is 5.06. The lowest BCUT2D eigenvalue weighted by Crippen LogP contribution is -1.98. The van der Waals surface area contributed by atoms with Crippen molar-refractivity contribution in [1.29, 1.82) is 0 Å². The van der Waals surface area contributed by atoms with Gasteiger partial charge in [-0.25, -0.2) is 0 Å². The molecule has 0 N–H and O–H groups in total. The summed E-state index contributed by atoms with van der Waals surface area (Å²) in [4.78, 5) is 5.06. The summed E-state index contributed by atoms with van der Waals surface area (Å²) in [5.41, 5.74) is 4.10. The number of aromatic nitrogens is 1. The van der Waals surface area contributed by atoms with Crippen LogP contribution in [0.2, 0.25) is 0 Å².